The van der Waals surface area contributed by atoms with E-state index in [0.29, 0.717) is 5.82 Å². The van der Waals surface area contributed by atoms with E-state index < -0.39 is 0 Å². The summed E-state index contributed by atoms with van der Waals surface area (Å²) in [6.07, 6.45) is 6.98. The van der Waals surface area contributed by atoms with Gasteiger partial charge >= 0.3 is 0 Å². The Kier molecular flexibility index (Phi) is 7.83. The number of benzene rings is 5. The molecule has 3 aromatic heterocycles. The van der Waals surface area contributed by atoms with Crippen LogP contribution in [0.15, 0.2) is 177 Å². The van der Waals surface area contributed by atoms with Crippen LogP contribution < -0.4 is 0 Å². The molecule has 0 unspecified atom stereocenters. The predicted molar refractivity (Wildman–Crippen MR) is 193 cm³/mol. The average Bonchev–Trinajstić information content (AvgIpc) is 3.19. The third kappa shape index (κ3) is 6.13. The highest BCUT2D eigenvalue weighted by atomic mass is 14.9. The molecule has 8 aromatic rings. The second-order valence-corrected chi connectivity index (χ2v) is 11.5. The second kappa shape index (κ2) is 13.0. The highest BCUT2D eigenvalue weighted by Crippen LogP contribution is 2.35. The Morgan fingerprint density at radius 2 is 0.729 bits per heavy atom. The quantitative estimate of drug-likeness (QED) is 0.178. The van der Waals surface area contributed by atoms with Crippen LogP contribution in [0.4, 0.5) is 0 Å². The fraction of sp³-hybridized carbons (Fsp3) is 0. The van der Waals surface area contributed by atoms with Gasteiger partial charge in [-0.15, -0.1) is 0 Å². The van der Waals surface area contributed by atoms with Crippen molar-refractivity contribution in [3.05, 3.63) is 177 Å². The number of nitrogens with zero attached hydrogens (tertiary/aromatic N) is 5. The van der Waals surface area contributed by atoms with Gasteiger partial charge in [-0.25, -0.2) is 19.9 Å². The largest absolute Gasteiger partial charge is 0.265 e. The smallest absolute Gasteiger partial charge is 0.160 e. The van der Waals surface area contributed by atoms with Crippen molar-refractivity contribution in [3.8, 4) is 78.5 Å². The van der Waals surface area contributed by atoms with Gasteiger partial charge < -0.3 is 0 Å². The Hall–Kier alpha value is -6.59. The molecule has 0 aliphatic carbocycles. The molecule has 0 aliphatic heterocycles. The van der Waals surface area contributed by atoms with Gasteiger partial charge in [0.15, 0.2) is 5.82 Å². The van der Waals surface area contributed by atoms with Crippen molar-refractivity contribution < 1.29 is 0 Å². The van der Waals surface area contributed by atoms with E-state index in [1.54, 1.807) is 12.5 Å². The number of pyridine rings is 1. The van der Waals surface area contributed by atoms with E-state index >= 15 is 0 Å². The van der Waals surface area contributed by atoms with Crippen molar-refractivity contribution in [2.24, 2.45) is 0 Å². The van der Waals surface area contributed by atoms with E-state index in [1.165, 1.54) is 0 Å². The molecule has 0 saturated heterocycles. The monoisotopic (exact) mass is 615 g/mol. The van der Waals surface area contributed by atoms with Crippen molar-refractivity contribution in [1.82, 2.24) is 24.9 Å². The second-order valence-electron chi connectivity index (χ2n) is 11.5. The first-order chi connectivity index (χ1) is 23.8. The van der Waals surface area contributed by atoms with E-state index in [1.807, 2.05) is 67.0 Å². The summed E-state index contributed by atoms with van der Waals surface area (Å²) in [6.45, 7) is 0. The van der Waals surface area contributed by atoms with E-state index in [9.17, 15) is 0 Å². The van der Waals surface area contributed by atoms with Gasteiger partial charge in [-0.2, -0.15) is 0 Å². The summed E-state index contributed by atoms with van der Waals surface area (Å²) in [4.78, 5) is 22.9. The maximum Gasteiger partial charge on any atom is 0.160 e. The minimum Gasteiger partial charge on any atom is -0.265 e. The van der Waals surface area contributed by atoms with Gasteiger partial charge in [0.2, 0.25) is 0 Å². The molecule has 0 radical (unpaired) electrons. The van der Waals surface area contributed by atoms with Crippen molar-refractivity contribution in [3.63, 3.8) is 0 Å². The lowest BCUT2D eigenvalue weighted by Gasteiger charge is -2.13. The van der Waals surface area contributed by atoms with E-state index in [2.05, 4.69) is 112 Å². The van der Waals surface area contributed by atoms with Crippen molar-refractivity contribution >= 4 is 0 Å². The van der Waals surface area contributed by atoms with Crippen LogP contribution in [0.25, 0.3) is 78.5 Å². The van der Waals surface area contributed by atoms with Crippen LogP contribution >= 0.6 is 0 Å². The molecular weight excluding hydrogens is 587 g/mol. The lowest BCUT2D eigenvalue weighted by Crippen LogP contribution is -1.97. The first kappa shape index (κ1) is 28.9. The third-order valence-electron chi connectivity index (χ3n) is 8.38. The zero-order valence-electron chi connectivity index (χ0n) is 26.0. The number of rotatable bonds is 7. The molecule has 0 atom stereocenters. The van der Waals surface area contributed by atoms with Gasteiger partial charge in [-0.3, -0.25) is 4.98 Å². The normalized spacial score (nSPS) is 10.9. The van der Waals surface area contributed by atoms with Crippen LogP contribution in [0.3, 0.4) is 0 Å². The Labute approximate surface area is 279 Å². The summed E-state index contributed by atoms with van der Waals surface area (Å²) in [5, 5.41) is 0. The molecule has 5 heteroatoms. The summed E-state index contributed by atoms with van der Waals surface area (Å²) in [6, 6.07) is 52.4. The third-order valence-corrected chi connectivity index (χ3v) is 8.38. The van der Waals surface area contributed by atoms with Crippen LogP contribution in [-0.4, -0.2) is 24.9 Å². The van der Waals surface area contributed by atoms with Crippen LogP contribution in [0.1, 0.15) is 0 Å². The van der Waals surface area contributed by atoms with E-state index in [0.717, 1.165) is 72.7 Å². The zero-order chi connectivity index (χ0) is 32.1. The first-order valence-corrected chi connectivity index (χ1v) is 15.8. The number of hydrogen-bond donors (Lipinski definition) is 0. The summed E-state index contributed by atoms with van der Waals surface area (Å²) < 4.78 is 0. The standard InChI is InChI=1S/C43H29N5/c1-3-7-34(8-4-1)41-28-42(35-9-5-2-6-10-35)48-43(47-41)39-26-37(31-13-11-30(12-14-31)33-19-22-44-23-20-33)25-38(27-39)32-15-17-36(18-16-32)40-21-24-45-29-46-40/h1-29H. The molecule has 5 nitrogen and oxygen atoms in total. The summed E-state index contributed by atoms with van der Waals surface area (Å²) in [5.41, 5.74) is 13.3. The Balaban J connectivity index is 1.28. The SMILES string of the molecule is c1ccc(-c2cc(-c3ccccc3)nc(-c3cc(-c4ccc(-c5ccncc5)cc4)cc(-c4ccc(-c5ccncn5)cc4)c3)n2)cc1. The molecule has 8 rings (SSSR count). The van der Waals surface area contributed by atoms with Crippen LogP contribution in [0, 0.1) is 0 Å². The Morgan fingerprint density at radius 1 is 0.292 bits per heavy atom. The highest BCUT2D eigenvalue weighted by molar-refractivity contribution is 5.82. The maximum absolute atomic E-state index is 5.15. The van der Waals surface area contributed by atoms with Gasteiger partial charge in [-0.1, -0.05) is 109 Å². The van der Waals surface area contributed by atoms with Crippen molar-refractivity contribution in [2.75, 3.05) is 0 Å². The summed E-state index contributed by atoms with van der Waals surface area (Å²) >= 11 is 0. The Bertz CT molecular complexity index is 2130. The minimum absolute atomic E-state index is 0.671. The topological polar surface area (TPSA) is 64.5 Å². The van der Waals surface area contributed by atoms with Crippen LogP contribution in [-0.2, 0) is 0 Å². The molecule has 0 saturated carbocycles. The van der Waals surface area contributed by atoms with E-state index in [4.69, 9.17) is 9.97 Å². The Morgan fingerprint density at radius 3 is 1.25 bits per heavy atom. The first-order valence-electron chi connectivity index (χ1n) is 15.8. The lowest BCUT2D eigenvalue weighted by atomic mass is 9.94. The molecule has 0 amide bonds. The molecule has 48 heavy (non-hydrogen) atoms. The number of aromatic nitrogens is 5. The molecule has 3 heterocycles. The fourth-order valence-electron chi connectivity index (χ4n) is 5.87. The zero-order valence-corrected chi connectivity index (χ0v) is 26.0. The van der Waals surface area contributed by atoms with Gasteiger partial charge in [-0.05, 0) is 75.8 Å². The van der Waals surface area contributed by atoms with Gasteiger partial charge in [0.05, 0.1) is 17.1 Å². The fourth-order valence-corrected chi connectivity index (χ4v) is 5.87. The van der Waals surface area contributed by atoms with Crippen molar-refractivity contribution in [2.45, 2.75) is 0 Å². The molecule has 0 bridgehead atoms. The summed E-state index contributed by atoms with van der Waals surface area (Å²) in [7, 11) is 0. The average molecular weight is 616 g/mol. The molecule has 0 fully saturated rings. The number of hydrogen-bond acceptors (Lipinski definition) is 5. The molecular formula is C43H29N5. The molecule has 0 spiro atoms. The lowest BCUT2D eigenvalue weighted by molar-refractivity contribution is 1.17. The molecule has 226 valence electrons. The maximum atomic E-state index is 5.15. The van der Waals surface area contributed by atoms with Crippen LogP contribution in [0.2, 0.25) is 0 Å². The van der Waals surface area contributed by atoms with E-state index in [-0.39, 0.29) is 0 Å². The van der Waals surface area contributed by atoms with Crippen molar-refractivity contribution in [1.29, 1.82) is 0 Å². The van der Waals surface area contributed by atoms with Gasteiger partial charge in [0.1, 0.15) is 6.33 Å². The molecule has 0 N–H and O–H groups in total. The minimum atomic E-state index is 0.671. The summed E-state index contributed by atoms with van der Waals surface area (Å²) in [5.74, 6) is 0.671. The van der Waals surface area contributed by atoms with Gasteiger partial charge in [0, 0.05) is 40.8 Å². The van der Waals surface area contributed by atoms with Gasteiger partial charge in [0.25, 0.3) is 0 Å². The van der Waals surface area contributed by atoms with Crippen LogP contribution in [0.5, 0.6) is 0 Å². The predicted octanol–water partition coefficient (Wildman–Crippen LogP) is 10.3. The molecule has 0 aliphatic rings. The molecule has 5 aromatic carbocycles. The highest BCUT2D eigenvalue weighted by Gasteiger charge is 2.14.